The molecule has 2 aromatic heterocycles. The van der Waals surface area contributed by atoms with Gasteiger partial charge in [-0.25, -0.2) is 14.6 Å². The Kier molecular flexibility index (Phi) is 4.05. The molecule has 0 spiro atoms. The maximum atomic E-state index is 11.2. The average Bonchev–Trinajstić information content (AvgIpc) is 3.07. The van der Waals surface area contributed by atoms with Crippen molar-refractivity contribution in [3.63, 3.8) is 0 Å². The highest BCUT2D eigenvalue weighted by Gasteiger charge is 2.23. The van der Waals surface area contributed by atoms with Gasteiger partial charge in [-0.05, 0) is 25.0 Å². The first-order valence-corrected chi connectivity index (χ1v) is 8.48. The van der Waals surface area contributed by atoms with Gasteiger partial charge in [0.15, 0.2) is 5.65 Å². The molecule has 1 N–H and O–H groups in total. The highest BCUT2D eigenvalue weighted by atomic mass is 16.1. The minimum atomic E-state index is 0.0343. The molecule has 4 rings (SSSR count). The lowest BCUT2D eigenvalue weighted by molar-refractivity contribution is -0.119. The molecular formula is C18H20N6O. The van der Waals surface area contributed by atoms with E-state index < -0.39 is 0 Å². The van der Waals surface area contributed by atoms with E-state index in [1.807, 2.05) is 41.2 Å². The van der Waals surface area contributed by atoms with Crippen molar-refractivity contribution in [2.75, 3.05) is 18.0 Å². The summed E-state index contributed by atoms with van der Waals surface area (Å²) < 4.78 is 1.84. The van der Waals surface area contributed by atoms with Gasteiger partial charge in [-0.1, -0.05) is 18.2 Å². The number of hydrogen-bond donors (Lipinski definition) is 1. The van der Waals surface area contributed by atoms with Crippen LogP contribution in [0.3, 0.4) is 0 Å². The van der Waals surface area contributed by atoms with Crippen LogP contribution in [0.25, 0.3) is 16.7 Å². The van der Waals surface area contributed by atoms with Crippen LogP contribution in [0.2, 0.25) is 0 Å². The Morgan fingerprint density at radius 3 is 2.64 bits per heavy atom. The lowest BCUT2D eigenvalue weighted by Gasteiger charge is -2.33. The SMILES string of the molecule is CC(=O)NC1CCN(c2ncnc3c2cnn3-c2ccccc2)CC1. The quantitative estimate of drug-likeness (QED) is 0.791. The van der Waals surface area contributed by atoms with E-state index in [-0.39, 0.29) is 11.9 Å². The fraction of sp³-hybridized carbons (Fsp3) is 0.333. The topological polar surface area (TPSA) is 75.9 Å². The summed E-state index contributed by atoms with van der Waals surface area (Å²) >= 11 is 0. The Bertz CT molecular complexity index is 883. The molecule has 1 aliphatic rings. The van der Waals surface area contributed by atoms with Gasteiger partial charge < -0.3 is 10.2 Å². The minimum absolute atomic E-state index is 0.0343. The van der Waals surface area contributed by atoms with Gasteiger partial charge >= 0.3 is 0 Å². The van der Waals surface area contributed by atoms with Gasteiger partial charge in [0.25, 0.3) is 0 Å². The zero-order chi connectivity index (χ0) is 17.2. The van der Waals surface area contributed by atoms with Crippen LogP contribution in [0.5, 0.6) is 0 Å². The zero-order valence-electron chi connectivity index (χ0n) is 14.1. The van der Waals surface area contributed by atoms with Crippen LogP contribution >= 0.6 is 0 Å². The zero-order valence-corrected chi connectivity index (χ0v) is 14.1. The molecule has 1 fully saturated rings. The number of carbonyl (C=O) groups excluding carboxylic acids is 1. The summed E-state index contributed by atoms with van der Waals surface area (Å²) in [5.41, 5.74) is 1.78. The third-order valence-electron chi connectivity index (χ3n) is 4.55. The molecule has 0 unspecified atom stereocenters. The number of amides is 1. The molecule has 1 aliphatic heterocycles. The monoisotopic (exact) mass is 336 g/mol. The third kappa shape index (κ3) is 3.05. The Morgan fingerprint density at radius 2 is 1.92 bits per heavy atom. The summed E-state index contributed by atoms with van der Waals surface area (Å²) in [7, 11) is 0. The predicted molar refractivity (Wildman–Crippen MR) is 95.7 cm³/mol. The molecule has 1 saturated heterocycles. The maximum absolute atomic E-state index is 11.2. The van der Waals surface area contributed by atoms with E-state index in [0.717, 1.165) is 48.5 Å². The minimum Gasteiger partial charge on any atom is -0.356 e. The van der Waals surface area contributed by atoms with E-state index >= 15 is 0 Å². The Morgan fingerprint density at radius 1 is 1.16 bits per heavy atom. The number of benzene rings is 1. The molecule has 7 heteroatoms. The summed E-state index contributed by atoms with van der Waals surface area (Å²) in [5.74, 6) is 0.945. The lowest BCUT2D eigenvalue weighted by Crippen LogP contribution is -2.44. The molecule has 25 heavy (non-hydrogen) atoms. The number of nitrogens with one attached hydrogen (secondary N) is 1. The van der Waals surface area contributed by atoms with Gasteiger partial charge in [0.1, 0.15) is 12.1 Å². The second-order valence-electron chi connectivity index (χ2n) is 6.29. The molecule has 0 radical (unpaired) electrons. The van der Waals surface area contributed by atoms with Gasteiger partial charge in [0.05, 0.1) is 17.3 Å². The van der Waals surface area contributed by atoms with Crippen LogP contribution < -0.4 is 10.2 Å². The summed E-state index contributed by atoms with van der Waals surface area (Å²) in [4.78, 5) is 22.4. The first-order chi connectivity index (χ1) is 12.2. The van der Waals surface area contributed by atoms with Gasteiger partial charge in [-0.15, -0.1) is 0 Å². The van der Waals surface area contributed by atoms with Crippen molar-refractivity contribution >= 4 is 22.8 Å². The van der Waals surface area contributed by atoms with E-state index in [4.69, 9.17) is 0 Å². The van der Waals surface area contributed by atoms with Crippen molar-refractivity contribution in [2.45, 2.75) is 25.8 Å². The molecule has 3 aromatic rings. The van der Waals surface area contributed by atoms with E-state index in [0.29, 0.717) is 0 Å². The van der Waals surface area contributed by atoms with E-state index in [9.17, 15) is 4.79 Å². The Balaban J connectivity index is 1.62. The smallest absolute Gasteiger partial charge is 0.217 e. The molecule has 0 saturated carbocycles. The van der Waals surface area contributed by atoms with Gasteiger partial charge in [0, 0.05) is 26.1 Å². The molecular weight excluding hydrogens is 316 g/mol. The van der Waals surface area contributed by atoms with Crippen LogP contribution in [0.4, 0.5) is 5.82 Å². The van der Waals surface area contributed by atoms with Gasteiger partial charge in [0.2, 0.25) is 5.91 Å². The maximum Gasteiger partial charge on any atom is 0.217 e. The number of fused-ring (bicyclic) bond motifs is 1. The van der Waals surface area contributed by atoms with Crippen molar-refractivity contribution in [3.8, 4) is 5.69 Å². The summed E-state index contributed by atoms with van der Waals surface area (Å²) in [6.07, 6.45) is 5.26. The summed E-state index contributed by atoms with van der Waals surface area (Å²) in [6.45, 7) is 3.28. The molecule has 7 nitrogen and oxygen atoms in total. The number of para-hydroxylation sites is 1. The largest absolute Gasteiger partial charge is 0.356 e. The first kappa shape index (κ1) is 15.6. The highest BCUT2D eigenvalue weighted by molar-refractivity contribution is 5.87. The second-order valence-corrected chi connectivity index (χ2v) is 6.29. The van der Waals surface area contributed by atoms with Crippen LogP contribution in [-0.2, 0) is 4.79 Å². The van der Waals surface area contributed by atoms with Crippen LogP contribution in [0.15, 0.2) is 42.9 Å². The fourth-order valence-corrected chi connectivity index (χ4v) is 3.36. The molecule has 0 atom stereocenters. The molecule has 128 valence electrons. The Labute approximate surface area is 145 Å². The van der Waals surface area contributed by atoms with Crippen molar-refractivity contribution in [1.82, 2.24) is 25.1 Å². The van der Waals surface area contributed by atoms with Gasteiger partial charge in [-0.2, -0.15) is 5.10 Å². The average molecular weight is 336 g/mol. The fourth-order valence-electron chi connectivity index (χ4n) is 3.36. The first-order valence-electron chi connectivity index (χ1n) is 8.48. The number of aromatic nitrogens is 4. The number of hydrogen-bond acceptors (Lipinski definition) is 5. The van der Waals surface area contributed by atoms with Crippen molar-refractivity contribution in [3.05, 3.63) is 42.9 Å². The molecule has 3 heterocycles. The van der Waals surface area contributed by atoms with Gasteiger partial charge in [-0.3, -0.25) is 4.79 Å². The van der Waals surface area contributed by atoms with Crippen molar-refractivity contribution in [1.29, 1.82) is 0 Å². The van der Waals surface area contributed by atoms with E-state index in [1.54, 1.807) is 13.3 Å². The van der Waals surface area contributed by atoms with Crippen LogP contribution in [0.1, 0.15) is 19.8 Å². The highest BCUT2D eigenvalue weighted by Crippen LogP contribution is 2.26. The second kappa shape index (κ2) is 6.51. The van der Waals surface area contributed by atoms with E-state index in [1.165, 1.54) is 0 Å². The molecule has 1 aromatic carbocycles. The number of rotatable bonds is 3. The van der Waals surface area contributed by atoms with Crippen molar-refractivity contribution in [2.24, 2.45) is 0 Å². The normalized spacial score (nSPS) is 15.5. The van der Waals surface area contributed by atoms with Crippen molar-refractivity contribution < 1.29 is 4.79 Å². The number of carbonyl (C=O) groups is 1. The molecule has 0 aliphatic carbocycles. The predicted octanol–water partition coefficient (Wildman–Crippen LogP) is 1.92. The molecule has 0 bridgehead atoms. The summed E-state index contributed by atoms with van der Waals surface area (Å²) in [6, 6.07) is 10.2. The number of anilines is 1. The van der Waals surface area contributed by atoms with E-state index in [2.05, 4.69) is 25.3 Å². The standard InChI is InChI=1S/C18H20N6O/c1-13(25)22-14-7-9-23(10-8-14)17-16-11-21-24(18(16)20-12-19-17)15-5-3-2-4-6-15/h2-6,11-12,14H,7-10H2,1H3,(H,22,25). The molecule has 1 amide bonds. The summed E-state index contributed by atoms with van der Waals surface area (Å²) in [5, 5.41) is 8.46. The number of piperidine rings is 1. The third-order valence-corrected chi connectivity index (χ3v) is 4.55. The number of nitrogens with zero attached hydrogens (tertiary/aromatic N) is 5. The van der Waals surface area contributed by atoms with Crippen LogP contribution in [0, 0.1) is 0 Å². The van der Waals surface area contributed by atoms with Crippen LogP contribution in [-0.4, -0.2) is 44.8 Å². The Hall–Kier alpha value is -2.96. The lowest BCUT2D eigenvalue weighted by atomic mass is 10.0.